The van der Waals surface area contributed by atoms with Gasteiger partial charge in [-0.25, -0.2) is 4.98 Å². The van der Waals surface area contributed by atoms with Crippen LogP contribution in [0.5, 0.6) is 11.5 Å². The molecule has 0 saturated carbocycles. The molecule has 0 spiro atoms. The lowest BCUT2D eigenvalue weighted by Crippen LogP contribution is -2.26. The van der Waals surface area contributed by atoms with Crippen LogP contribution in [0.1, 0.15) is 28.4 Å². The summed E-state index contributed by atoms with van der Waals surface area (Å²) in [5.74, 6) is 0.986. The Hall–Kier alpha value is -3.12. The zero-order valence-corrected chi connectivity index (χ0v) is 17.1. The quantitative estimate of drug-likeness (QED) is 0.514. The average molecular weight is 412 g/mol. The van der Waals surface area contributed by atoms with Crippen LogP contribution in [0.25, 0.3) is 0 Å². The van der Waals surface area contributed by atoms with E-state index in [1.807, 2.05) is 25.1 Å². The van der Waals surface area contributed by atoms with E-state index in [-0.39, 0.29) is 5.91 Å². The fourth-order valence-electron chi connectivity index (χ4n) is 2.74. The number of rotatable bonds is 8. The average Bonchev–Trinajstić information content (AvgIpc) is 2.75. The molecule has 2 heterocycles. The van der Waals surface area contributed by atoms with E-state index in [0.717, 1.165) is 11.1 Å². The molecule has 150 valence electrons. The second-order valence-corrected chi connectivity index (χ2v) is 6.78. The van der Waals surface area contributed by atoms with Gasteiger partial charge >= 0.3 is 0 Å². The first-order valence-corrected chi connectivity index (χ1v) is 9.59. The van der Waals surface area contributed by atoms with Gasteiger partial charge in [0.1, 0.15) is 11.8 Å². The number of carbonyl (C=O) groups excluding carboxylic acids is 1. The van der Waals surface area contributed by atoms with Gasteiger partial charge in [0.25, 0.3) is 5.91 Å². The van der Waals surface area contributed by atoms with E-state index in [4.69, 9.17) is 21.1 Å². The van der Waals surface area contributed by atoms with E-state index >= 15 is 0 Å². The Bertz CT molecular complexity index is 949. The number of hydrogen-bond acceptors (Lipinski definition) is 5. The fourth-order valence-corrected chi connectivity index (χ4v) is 2.85. The van der Waals surface area contributed by atoms with Crippen molar-refractivity contribution in [3.63, 3.8) is 0 Å². The molecular weight excluding hydrogens is 390 g/mol. The highest BCUT2D eigenvalue weighted by molar-refractivity contribution is 6.29. The van der Waals surface area contributed by atoms with Crippen molar-refractivity contribution in [3.8, 4) is 11.5 Å². The van der Waals surface area contributed by atoms with Crippen molar-refractivity contribution in [3.05, 3.63) is 82.9 Å². The third kappa shape index (κ3) is 5.68. The SMILES string of the molecule is CCOc1cc(C(=O)N(C)Cc2ccc(Cl)nc2)ccc1OCc1cccnc1. The van der Waals surface area contributed by atoms with E-state index in [2.05, 4.69) is 9.97 Å². The van der Waals surface area contributed by atoms with Crippen molar-refractivity contribution in [2.24, 2.45) is 0 Å². The van der Waals surface area contributed by atoms with Gasteiger partial charge in [0, 0.05) is 43.3 Å². The lowest BCUT2D eigenvalue weighted by molar-refractivity contribution is 0.0784. The number of ether oxygens (including phenoxy) is 2. The molecule has 2 aromatic heterocycles. The molecule has 3 aromatic rings. The number of hydrogen-bond donors (Lipinski definition) is 0. The van der Waals surface area contributed by atoms with Gasteiger partial charge < -0.3 is 14.4 Å². The van der Waals surface area contributed by atoms with Crippen molar-refractivity contribution in [1.29, 1.82) is 0 Å². The van der Waals surface area contributed by atoms with E-state index in [9.17, 15) is 4.79 Å². The number of amides is 1. The standard InChI is InChI=1S/C22H22ClN3O3/c1-3-28-20-11-18(7-8-19(20)29-15-17-5-4-10-24-12-17)22(27)26(2)14-16-6-9-21(23)25-13-16/h4-13H,3,14-15H2,1-2H3. The summed E-state index contributed by atoms with van der Waals surface area (Å²) in [5.41, 5.74) is 2.37. The molecular formula is C22H22ClN3O3. The first kappa shape index (κ1) is 20.6. The third-order valence-electron chi connectivity index (χ3n) is 4.16. The number of carbonyl (C=O) groups is 1. The molecule has 29 heavy (non-hydrogen) atoms. The van der Waals surface area contributed by atoms with Crippen LogP contribution < -0.4 is 9.47 Å². The van der Waals surface area contributed by atoms with Crippen molar-refractivity contribution in [1.82, 2.24) is 14.9 Å². The lowest BCUT2D eigenvalue weighted by atomic mass is 10.1. The van der Waals surface area contributed by atoms with Crippen molar-refractivity contribution in [2.75, 3.05) is 13.7 Å². The maximum Gasteiger partial charge on any atom is 0.254 e. The predicted octanol–water partition coefficient (Wildman–Crippen LogP) is 4.38. The monoisotopic (exact) mass is 411 g/mol. The molecule has 7 heteroatoms. The second kappa shape index (κ2) is 9.89. The van der Waals surface area contributed by atoms with Crippen LogP contribution in [0.2, 0.25) is 5.15 Å². The molecule has 1 aromatic carbocycles. The Kier molecular flexibility index (Phi) is 7.03. The molecule has 6 nitrogen and oxygen atoms in total. The number of benzene rings is 1. The zero-order valence-electron chi connectivity index (χ0n) is 16.3. The highest BCUT2D eigenvalue weighted by atomic mass is 35.5. The van der Waals surface area contributed by atoms with E-state index in [1.54, 1.807) is 54.8 Å². The molecule has 0 aliphatic carbocycles. The smallest absolute Gasteiger partial charge is 0.254 e. The minimum Gasteiger partial charge on any atom is -0.490 e. The largest absolute Gasteiger partial charge is 0.490 e. The lowest BCUT2D eigenvalue weighted by Gasteiger charge is -2.19. The highest BCUT2D eigenvalue weighted by Crippen LogP contribution is 2.30. The Labute approximate surface area is 175 Å². The summed E-state index contributed by atoms with van der Waals surface area (Å²) in [4.78, 5) is 22.6. The summed E-state index contributed by atoms with van der Waals surface area (Å²) >= 11 is 5.81. The first-order chi connectivity index (χ1) is 14.1. The zero-order chi connectivity index (χ0) is 20.6. The Morgan fingerprint density at radius 3 is 2.62 bits per heavy atom. The molecule has 0 bridgehead atoms. The summed E-state index contributed by atoms with van der Waals surface area (Å²) in [6.07, 6.45) is 5.12. The molecule has 0 radical (unpaired) electrons. The van der Waals surface area contributed by atoms with Crippen LogP contribution >= 0.6 is 11.6 Å². The number of halogens is 1. The van der Waals surface area contributed by atoms with Gasteiger partial charge in [-0.15, -0.1) is 0 Å². The highest BCUT2D eigenvalue weighted by Gasteiger charge is 2.16. The van der Waals surface area contributed by atoms with Gasteiger partial charge in [0.15, 0.2) is 11.5 Å². The van der Waals surface area contributed by atoms with Crippen LogP contribution in [0.4, 0.5) is 0 Å². The van der Waals surface area contributed by atoms with Crippen molar-refractivity contribution >= 4 is 17.5 Å². The topological polar surface area (TPSA) is 64.5 Å². The third-order valence-corrected chi connectivity index (χ3v) is 4.39. The summed E-state index contributed by atoms with van der Waals surface area (Å²) in [7, 11) is 1.74. The Morgan fingerprint density at radius 1 is 1.07 bits per heavy atom. The van der Waals surface area contributed by atoms with Crippen molar-refractivity contribution in [2.45, 2.75) is 20.1 Å². The number of pyridine rings is 2. The van der Waals surface area contributed by atoms with Crippen LogP contribution in [0, 0.1) is 0 Å². The van der Waals surface area contributed by atoms with Crippen LogP contribution in [0.3, 0.4) is 0 Å². The first-order valence-electron chi connectivity index (χ1n) is 9.21. The molecule has 0 aliphatic rings. The van der Waals surface area contributed by atoms with Crippen LogP contribution in [0.15, 0.2) is 61.1 Å². The van der Waals surface area contributed by atoms with Gasteiger partial charge in [0.05, 0.1) is 6.61 Å². The molecule has 1 amide bonds. The fraction of sp³-hybridized carbons (Fsp3) is 0.227. The summed E-state index contributed by atoms with van der Waals surface area (Å²) < 4.78 is 11.6. The maximum absolute atomic E-state index is 12.8. The van der Waals surface area contributed by atoms with Gasteiger partial charge in [-0.3, -0.25) is 9.78 Å². The summed E-state index contributed by atoms with van der Waals surface area (Å²) in [6, 6.07) is 12.5. The molecule has 0 aliphatic heterocycles. The Balaban J connectivity index is 1.72. The normalized spacial score (nSPS) is 10.4. The Morgan fingerprint density at radius 2 is 1.93 bits per heavy atom. The van der Waals surface area contributed by atoms with E-state index in [1.165, 1.54) is 0 Å². The minimum atomic E-state index is -0.125. The number of aromatic nitrogens is 2. The molecule has 0 fully saturated rings. The van der Waals surface area contributed by atoms with Gasteiger partial charge in [0.2, 0.25) is 0 Å². The minimum absolute atomic E-state index is 0.125. The maximum atomic E-state index is 12.8. The second-order valence-electron chi connectivity index (χ2n) is 6.39. The van der Waals surface area contributed by atoms with Crippen LogP contribution in [-0.4, -0.2) is 34.4 Å². The van der Waals surface area contributed by atoms with Gasteiger partial charge in [-0.1, -0.05) is 23.7 Å². The summed E-state index contributed by atoms with van der Waals surface area (Å²) in [6.45, 7) is 3.14. The molecule has 0 N–H and O–H groups in total. The van der Waals surface area contributed by atoms with E-state index < -0.39 is 0 Å². The molecule has 0 saturated heterocycles. The molecule has 0 unspecified atom stereocenters. The van der Waals surface area contributed by atoms with Crippen molar-refractivity contribution < 1.29 is 14.3 Å². The molecule has 3 rings (SSSR count). The van der Waals surface area contributed by atoms with E-state index in [0.29, 0.717) is 42.0 Å². The molecule has 0 atom stereocenters. The van der Waals surface area contributed by atoms with Gasteiger partial charge in [-0.05, 0) is 42.8 Å². The predicted molar refractivity (Wildman–Crippen MR) is 111 cm³/mol. The number of nitrogens with zero attached hydrogens (tertiary/aromatic N) is 3. The summed E-state index contributed by atoms with van der Waals surface area (Å²) in [5, 5.41) is 0.422. The van der Waals surface area contributed by atoms with Crippen LogP contribution in [-0.2, 0) is 13.2 Å². The van der Waals surface area contributed by atoms with Gasteiger partial charge in [-0.2, -0.15) is 0 Å².